The van der Waals surface area contributed by atoms with Gasteiger partial charge in [-0.1, -0.05) is 6.07 Å². The van der Waals surface area contributed by atoms with Crippen LogP contribution in [0.2, 0.25) is 0 Å². The number of carbonyl (C=O) groups is 2. The first-order valence-corrected chi connectivity index (χ1v) is 7.57. The molecule has 2 aliphatic rings. The van der Waals surface area contributed by atoms with E-state index in [4.69, 9.17) is 9.47 Å². The molecule has 0 bridgehead atoms. The third kappa shape index (κ3) is 2.43. The topological polar surface area (TPSA) is 67.9 Å². The predicted octanol–water partition coefficient (Wildman–Crippen LogP) is 1.77. The number of cyclic esters (lactones) is 1. The quantitative estimate of drug-likeness (QED) is 0.843. The van der Waals surface area contributed by atoms with Gasteiger partial charge in [-0.05, 0) is 31.0 Å². The van der Waals surface area contributed by atoms with Gasteiger partial charge in [0, 0.05) is 25.2 Å². The molecule has 1 saturated heterocycles. The lowest BCUT2D eigenvalue weighted by atomic mass is 9.92. The predicted molar refractivity (Wildman–Crippen MR) is 79.6 cm³/mol. The number of benzene rings is 1. The highest BCUT2D eigenvalue weighted by Gasteiger charge is 2.32. The average molecular weight is 304 g/mol. The molecule has 0 saturated carbocycles. The van der Waals surface area contributed by atoms with E-state index in [1.807, 2.05) is 13.0 Å². The van der Waals surface area contributed by atoms with Gasteiger partial charge in [0.1, 0.15) is 6.61 Å². The van der Waals surface area contributed by atoms with Crippen LogP contribution < -0.4 is 5.32 Å². The molecular formula is C16H20N2O4. The fraction of sp³-hybridized carbons (Fsp3) is 0.500. The van der Waals surface area contributed by atoms with Crippen molar-refractivity contribution in [2.24, 2.45) is 0 Å². The fourth-order valence-corrected chi connectivity index (χ4v) is 3.14. The number of piperazine rings is 1. The lowest BCUT2D eigenvalue weighted by molar-refractivity contribution is 0.0535. The second kappa shape index (κ2) is 5.96. The first-order valence-electron chi connectivity index (χ1n) is 7.57. The standard InChI is InChI=1S/C16H20N2O4/c1-3-21-16(20)18-7-6-17-8-14(18)11-4-5-12-13(10(11)2)9-22-15(12)19/h4-5,14,17H,3,6-9H2,1-2H3/t14-/m0/s1. The van der Waals surface area contributed by atoms with Crippen LogP contribution in [0.15, 0.2) is 12.1 Å². The number of rotatable bonds is 2. The normalized spacial score (nSPS) is 20.5. The van der Waals surface area contributed by atoms with Crippen molar-refractivity contribution in [1.82, 2.24) is 10.2 Å². The minimum Gasteiger partial charge on any atom is -0.457 e. The summed E-state index contributed by atoms with van der Waals surface area (Å²) >= 11 is 0. The maximum atomic E-state index is 12.2. The van der Waals surface area contributed by atoms with Crippen molar-refractivity contribution < 1.29 is 19.1 Å². The van der Waals surface area contributed by atoms with Crippen LogP contribution in [0.5, 0.6) is 0 Å². The summed E-state index contributed by atoms with van der Waals surface area (Å²) in [7, 11) is 0. The molecule has 1 fully saturated rings. The van der Waals surface area contributed by atoms with Gasteiger partial charge in [-0.15, -0.1) is 0 Å². The molecule has 2 heterocycles. The summed E-state index contributed by atoms with van der Waals surface area (Å²) < 4.78 is 10.3. The van der Waals surface area contributed by atoms with Crippen LogP contribution in [0.1, 0.15) is 40.0 Å². The molecule has 2 aliphatic heterocycles. The van der Waals surface area contributed by atoms with Gasteiger partial charge in [-0.3, -0.25) is 4.90 Å². The van der Waals surface area contributed by atoms with Crippen LogP contribution in [-0.4, -0.2) is 43.2 Å². The molecule has 22 heavy (non-hydrogen) atoms. The van der Waals surface area contributed by atoms with Gasteiger partial charge in [0.05, 0.1) is 18.2 Å². The summed E-state index contributed by atoms with van der Waals surface area (Å²) in [5, 5.41) is 3.32. The van der Waals surface area contributed by atoms with Crippen molar-refractivity contribution in [3.63, 3.8) is 0 Å². The van der Waals surface area contributed by atoms with Gasteiger partial charge in [0.2, 0.25) is 0 Å². The summed E-state index contributed by atoms with van der Waals surface area (Å²) in [5.41, 5.74) is 3.62. The molecule has 6 heteroatoms. The van der Waals surface area contributed by atoms with Crippen LogP contribution >= 0.6 is 0 Å². The molecule has 0 unspecified atom stereocenters. The van der Waals surface area contributed by atoms with E-state index in [1.54, 1.807) is 17.9 Å². The molecule has 0 radical (unpaired) electrons. The number of carbonyl (C=O) groups excluding carboxylic acids is 2. The van der Waals surface area contributed by atoms with Crippen LogP contribution in [0.4, 0.5) is 4.79 Å². The number of hydrogen-bond donors (Lipinski definition) is 1. The molecular weight excluding hydrogens is 284 g/mol. The second-order valence-electron chi connectivity index (χ2n) is 5.49. The summed E-state index contributed by atoms with van der Waals surface area (Å²) in [6, 6.07) is 3.63. The lowest BCUT2D eigenvalue weighted by Gasteiger charge is -2.36. The molecule has 0 spiro atoms. The highest BCUT2D eigenvalue weighted by Crippen LogP contribution is 2.32. The lowest BCUT2D eigenvalue weighted by Crippen LogP contribution is -2.49. The Morgan fingerprint density at radius 1 is 1.50 bits per heavy atom. The minimum absolute atomic E-state index is 0.0891. The van der Waals surface area contributed by atoms with Crippen molar-refractivity contribution in [2.45, 2.75) is 26.5 Å². The van der Waals surface area contributed by atoms with Gasteiger partial charge in [0.15, 0.2) is 0 Å². The zero-order valence-corrected chi connectivity index (χ0v) is 12.8. The first kappa shape index (κ1) is 14.8. The van der Waals surface area contributed by atoms with E-state index >= 15 is 0 Å². The SMILES string of the molecule is CCOC(=O)N1CCNC[C@H]1c1ccc2c(c1C)COC2=O. The van der Waals surface area contributed by atoms with Crippen LogP contribution in [-0.2, 0) is 16.1 Å². The summed E-state index contributed by atoms with van der Waals surface area (Å²) in [6.07, 6.45) is -0.291. The highest BCUT2D eigenvalue weighted by molar-refractivity contribution is 5.94. The number of esters is 1. The van der Waals surface area contributed by atoms with E-state index in [2.05, 4.69) is 5.32 Å². The molecule has 1 N–H and O–H groups in total. The number of amides is 1. The van der Waals surface area contributed by atoms with Crippen LogP contribution in [0.25, 0.3) is 0 Å². The Kier molecular flexibility index (Phi) is 4.02. The summed E-state index contributed by atoms with van der Waals surface area (Å²) in [6.45, 7) is 6.49. The van der Waals surface area contributed by atoms with E-state index in [1.165, 1.54) is 0 Å². The first-order chi connectivity index (χ1) is 10.6. The van der Waals surface area contributed by atoms with E-state index in [0.717, 1.165) is 23.2 Å². The number of fused-ring (bicyclic) bond motifs is 1. The van der Waals surface area contributed by atoms with Crippen LogP contribution in [0, 0.1) is 6.92 Å². The molecule has 1 aromatic rings. The van der Waals surface area contributed by atoms with Crippen molar-refractivity contribution in [3.05, 3.63) is 34.4 Å². The van der Waals surface area contributed by atoms with Crippen molar-refractivity contribution in [3.8, 4) is 0 Å². The second-order valence-corrected chi connectivity index (χ2v) is 5.49. The number of ether oxygens (including phenoxy) is 2. The van der Waals surface area contributed by atoms with Gasteiger partial charge in [-0.25, -0.2) is 9.59 Å². The molecule has 1 atom stereocenters. The zero-order valence-electron chi connectivity index (χ0n) is 12.8. The smallest absolute Gasteiger partial charge is 0.410 e. The monoisotopic (exact) mass is 304 g/mol. The number of nitrogens with one attached hydrogen (secondary N) is 1. The Balaban J connectivity index is 1.95. The van der Waals surface area contributed by atoms with Crippen molar-refractivity contribution >= 4 is 12.1 Å². The molecule has 0 aromatic heterocycles. The average Bonchev–Trinajstić information content (AvgIpc) is 2.90. The maximum absolute atomic E-state index is 12.2. The number of hydrogen-bond acceptors (Lipinski definition) is 5. The van der Waals surface area contributed by atoms with E-state index in [0.29, 0.717) is 31.9 Å². The third-order valence-corrected chi connectivity index (χ3v) is 4.31. The Labute approximate surface area is 129 Å². The summed E-state index contributed by atoms with van der Waals surface area (Å²) in [4.78, 5) is 25.6. The highest BCUT2D eigenvalue weighted by atomic mass is 16.6. The Bertz CT molecular complexity index is 614. The van der Waals surface area contributed by atoms with E-state index < -0.39 is 0 Å². The molecule has 1 amide bonds. The molecule has 3 rings (SSSR count). The third-order valence-electron chi connectivity index (χ3n) is 4.31. The van der Waals surface area contributed by atoms with Gasteiger partial charge < -0.3 is 14.8 Å². The Hall–Kier alpha value is -2.08. The van der Waals surface area contributed by atoms with Gasteiger partial charge in [0.25, 0.3) is 0 Å². The largest absolute Gasteiger partial charge is 0.457 e. The van der Waals surface area contributed by atoms with Crippen molar-refractivity contribution in [1.29, 1.82) is 0 Å². The fourth-order valence-electron chi connectivity index (χ4n) is 3.14. The van der Waals surface area contributed by atoms with Gasteiger partial charge >= 0.3 is 12.1 Å². The summed E-state index contributed by atoms with van der Waals surface area (Å²) in [5.74, 6) is -0.270. The van der Waals surface area contributed by atoms with Gasteiger partial charge in [-0.2, -0.15) is 0 Å². The van der Waals surface area contributed by atoms with Crippen molar-refractivity contribution in [2.75, 3.05) is 26.2 Å². The maximum Gasteiger partial charge on any atom is 0.410 e. The molecule has 118 valence electrons. The molecule has 6 nitrogen and oxygen atoms in total. The molecule has 1 aromatic carbocycles. The minimum atomic E-state index is -0.291. The van der Waals surface area contributed by atoms with E-state index in [-0.39, 0.29) is 18.1 Å². The zero-order chi connectivity index (χ0) is 15.7. The Morgan fingerprint density at radius 2 is 2.32 bits per heavy atom. The number of nitrogens with zero attached hydrogens (tertiary/aromatic N) is 1. The van der Waals surface area contributed by atoms with E-state index in [9.17, 15) is 9.59 Å². The van der Waals surface area contributed by atoms with Crippen LogP contribution in [0.3, 0.4) is 0 Å². The molecule has 0 aliphatic carbocycles. The Morgan fingerprint density at radius 3 is 3.09 bits per heavy atom.